The second kappa shape index (κ2) is 6.77. The van der Waals surface area contributed by atoms with Gasteiger partial charge in [0.1, 0.15) is 10.00 Å². The van der Waals surface area contributed by atoms with Crippen LogP contribution >= 0.6 is 23.2 Å². The number of benzene rings is 2. The van der Waals surface area contributed by atoms with E-state index in [2.05, 4.69) is 0 Å². The SMILES string of the molecule is NC(Cl)(COCC(N)(Cl)c1ccccc1)c1ccccc1. The first-order valence-electron chi connectivity index (χ1n) is 6.56. The number of rotatable bonds is 6. The molecule has 0 aliphatic carbocycles. The number of hydrogen-bond donors (Lipinski definition) is 2. The maximum Gasteiger partial charge on any atom is 0.140 e. The molecule has 0 saturated heterocycles. The molecule has 0 spiro atoms. The second-order valence-electron chi connectivity index (χ2n) is 4.95. The Morgan fingerprint density at radius 1 is 0.714 bits per heavy atom. The van der Waals surface area contributed by atoms with Crippen LogP contribution in [-0.4, -0.2) is 13.2 Å². The molecule has 0 amide bonds. The molecule has 0 fully saturated rings. The molecular weight excluding hydrogens is 307 g/mol. The summed E-state index contributed by atoms with van der Waals surface area (Å²) >= 11 is 12.6. The third kappa shape index (κ3) is 4.43. The largest absolute Gasteiger partial charge is 0.374 e. The van der Waals surface area contributed by atoms with E-state index in [-0.39, 0.29) is 13.2 Å². The van der Waals surface area contributed by atoms with E-state index < -0.39 is 10.00 Å². The Labute approximate surface area is 134 Å². The van der Waals surface area contributed by atoms with E-state index in [4.69, 9.17) is 39.4 Å². The lowest BCUT2D eigenvalue weighted by molar-refractivity contribution is 0.0889. The summed E-state index contributed by atoms with van der Waals surface area (Å²) in [6.45, 7) is 0.216. The van der Waals surface area contributed by atoms with Crippen molar-refractivity contribution >= 4 is 23.2 Å². The van der Waals surface area contributed by atoms with Crippen molar-refractivity contribution in [3.8, 4) is 0 Å². The van der Waals surface area contributed by atoms with Crippen LogP contribution in [0.15, 0.2) is 60.7 Å². The summed E-state index contributed by atoms with van der Waals surface area (Å²) < 4.78 is 5.56. The Kier molecular flexibility index (Phi) is 5.25. The van der Waals surface area contributed by atoms with Gasteiger partial charge in [-0.25, -0.2) is 0 Å². The Morgan fingerprint density at radius 3 is 1.38 bits per heavy atom. The van der Waals surface area contributed by atoms with Gasteiger partial charge in [-0.15, -0.1) is 0 Å². The van der Waals surface area contributed by atoms with Crippen molar-refractivity contribution in [2.45, 2.75) is 10.00 Å². The molecule has 21 heavy (non-hydrogen) atoms. The summed E-state index contributed by atoms with van der Waals surface area (Å²) in [5.74, 6) is 0. The molecule has 0 radical (unpaired) electrons. The first-order valence-corrected chi connectivity index (χ1v) is 7.32. The fraction of sp³-hybridized carbons (Fsp3) is 0.250. The monoisotopic (exact) mass is 324 g/mol. The lowest BCUT2D eigenvalue weighted by atomic mass is 10.1. The Morgan fingerprint density at radius 2 is 1.05 bits per heavy atom. The molecular formula is C16H18Cl2N2O. The van der Waals surface area contributed by atoms with Gasteiger partial charge in [-0.2, -0.15) is 0 Å². The maximum absolute atomic E-state index is 6.31. The average Bonchev–Trinajstić information content (AvgIpc) is 2.49. The van der Waals surface area contributed by atoms with Crippen LogP contribution in [0.2, 0.25) is 0 Å². The van der Waals surface area contributed by atoms with Crippen molar-refractivity contribution < 1.29 is 4.74 Å². The van der Waals surface area contributed by atoms with Crippen LogP contribution in [-0.2, 0) is 14.7 Å². The lowest BCUT2D eigenvalue weighted by Crippen LogP contribution is -2.40. The summed E-state index contributed by atoms with van der Waals surface area (Å²) in [7, 11) is 0. The summed E-state index contributed by atoms with van der Waals surface area (Å²) in [6, 6.07) is 18.7. The highest BCUT2D eigenvalue weighted by atomic mass is 35.5. The number of alkyl halides is 2. The van der Waals surface area contributed by atoms with Crippen LogP contribution < -0.4 is 11.5 Å². The normalized spacial score (nSPS) is 17.0. The lowest BCUT2D eigenvalue weighted by Gasteiger charge is -2.26. The minimum absolute atomic E-state index is 0.108. The molecule has 2 aromatic carbocycles. The van der Waals surface area contributed by atoms with Crippen molar-refractivity contribution in [3.05, 3.63) is 71.8 Å². The number of nitrogens with two attached hydrogens (primary N) is 2. The van der Waals surface area contributed by atoms with E-state index in [1.807, 2.05) is 60.7 Å². The topological polar surface area (TPSA) is 61.3 Å². The van der Waals surface area contributed by atoms with Crippen molar-refractivity contribution in [2.24, 2.45) is 11.5 Å². The molecule has 2 atom stereocenters. The van der Waals surface area contributed by atoms with E-state index in [0.29, 0.717) is 0 Å². The molecule has 0 heterocycles. The van der Waals surface area contributed by atoms with E-state index in [9.17, 15) is 0 Å². The van der Waals surface area contributed by atoms with Gasteiger partial charge >= 0.3 is 0 Å². The quantitative estimate of drug-likeness (QED) is 0.634. The first-order chi connectivity index (χ1) is 9.92. The molecule has 2 unspecified atom stereocenters. The molecule has 112 valence electrons. The van der Waals surface area contributed by atoms with Gasteiger partial charge in [0.2, 0.25) is 0 Å². The molecule has 5 heteroatoms. The van der Waals surface area contributed by atoms with Gasteiger partial charge < -0.3 is 16.2 Å². The van der Waals surface area contributed by atoms with Crippen LogP contribution in [0.1, 0.15) is 11.1 Å². The van der Waals surface area contributed by atoms with Gasteiger partial charge in [0.15, 0.2) is 0 Å². The Bertz CT molecular complexity index is 508. The van der Waals surface area contributed by atoms with E-state index >= 15 is 0 Å². The van der Waals surface area contributed by atoms with Gasteiger partial charge in [-0.1, -0.05) is 83.9 Å². The smallest absolute Gasteiger partial charge is 0.140 e. The van der Waals surface area contributed by atoms with Gasteiger partial charge in [-0.05, 0) is 11.1 Å². The van der Waals surface area contributed by atoms with Crippen LogP contribution in [0.5, 0.6) is 0 Å². The predicted octanol–water partition coefficient (Wildman–Crippen LogP) is 3.10. The molecule has 2 rings (SSSR count). The van der Waals surface area contributed by atoms with Crippen LogP contribution in [0.4, 0.5) is 0 Å². The highest BCUT2D eigenvalue weighted by Crippen LogP contribution is 2.26. The summed E-state index contributed by atoms with van der Waals surface area (Å²) in [4.78, 5) is -2.21. The highest BCUT2D eigenvalue weighted by Gasteiger charge is 2.28. The zero-order valence-corrected chi connectivity index (χ0v) is 13.0. The molecule has 0 saturated carbocycles. The fourth-order valence-corrected chi connectivity index (χ4v) is 2.35. The summed E-state index contributed by atoms with van der Waals surface area (Å²) in [5, 5.41) is 0. The Hall–Kier alpha value is -1.10. The van der Waals surface area contributed by atoms with Gasteiger partial charge in [0.25, 0.3) is 0 Å². The van der Waals surface area contributed by atoms with Crippen LogP contribution in [0.3, 0.4) is 0 Å². The van der Waals surface area contributed by atoms with E-state index in [1.165, 1.54) is 0 Å². The zero-order chi connectivity index (χ0) is 15.3. The zero-order valence-electron chi connectivity index (χ0n) is 11.5. The van der Waals surface area contributed by atoms with Gasteiger partial charge in [0.05, 0.1) is 13.2 Å². The maximum atomic E-state index is 6.31. The molecule has 0 bridgehead atoms. The third-order valence-electron chi connectivity index (χ3n) is 3.13. The third-order valence-corrected chi connectivity index (χ3v) is 3.79. The van der Waals surface area contributed by atoms with Crippen LogP contribution in [0, 0.1) is 0 Å². The number of ether oxygens (including phenoxy) is 1. The van der Waals surface area contributed by atoms with E-state index in [0.717, 1.165) is 11.1 Å². The van der Waals surface area contributed by atoms with Crippen molar-refractivity contribution in [2.75, 3.05) is 13.2 Å². The van der Waals surface area contributed by atoms with Crippen molar-refractivity contribution in [1.29, 1.82) is 0 Å². The molecule has 2 aromatic rings. The number of hydrogen-bond acceptors (Lipinski definition) is 3. The minimum Gasteiger partial charge on any atom is -0.374 e. The second-order valence-corrected chi connectivity index (χ2v) is 6.30. The average molecular weight is 325 g/mol. The van der Waals surface area contributed by atoms with Gasteiger partial charge in [-0.3, -0.25) is 0 Å². The van der Waals surface area contributed by atoms with E-state index in [1.54, 1.807) is 0 Å². The first kappa shape index (κ1) is 16.3. The standard InChI is InChI=1S/C16H18Cl2N2O/c17-15(19,13-7-3-1-4-8-13)11-21-12-16(18,20)14-9-5-2-6-10-14/h1-10H,11-12,19-20H2. The number of halogens is 2. The molecule has 3 nitrogen and oxygen atoms in total. The van der Waals surface area contributed by atoms with Crippen LogP contribution in [0.25, 0.3) is 0 Å². The molecule has 0 aliphatic rings. The molecule has 4 N–H and O–H groups in total. The predicted molar refractivity (Wildman–Crippen MR) is 87.1 cm³/mol. The fourth-order valence-electron chi connectivity index (χ4n) is 1.95. The Balaban J connectivity index is 1.95. The van der Waals surface area contributed by atoms with Crippen molar-refractivity contribution in [3.63, 3.8) is 0 Å². The summed E-state index contributed by atoms with van der Waals surface area (Å²) in [5.41, 5.74) is 13.7. The minimum atomic E-state index is -1.11. The highest BCUT2D eigenvalue weighted by molar-refractivity contribution is 6.24. The summed E-state index contributed by atoms with van der Waals surface area (Å²) in [6.07, 6.45) is 0. The molecule has 0 aliphatic heterocycles. The van der Waals surface area contributed by atoms with Gasteiger partial charge in [0, 0.05) is 0 Å². The van der Waals surface area contributed by atoms with Crippen molar-refractivity contribution in [1.82, 2.24) is 0 Å². The molecule has 0 aromatic heterocycles.